The van der Waals surface area contributed by atoms with E-state index < -0.39 is 0 Å². The highest BCUT2D eigenvalue weighted by atomic mass is 16.1. The van der Waals surface area contributed by atoms with Crippen molar-refractivity contribution in [3.63, 3.8) is 0 Å². The number of rotatable bonds is 15. The first-order valence-electron chi connectivity index (χ1n) is 10.4. The molecule has 1 aliphatic carbocycles. The van der Waals surface area contributed by atoms with Crippen LogP contribution >= 0.6 is 0 Å². The maximum atomic E-state index is 11.7. The molecule has 1 fully saturated rings. The number of allylic oxidation sites excluding steroid dienone is 2. The monoisotopic (exact) mass is 320 g/mol. The van der Waals surface area contributed by atoms with E-state index in [1.807, 2.05) is 0 Å². The predicted molar refractivity (Wildman–Crippen MR) is 102 cm³/mol. The Morgan fingerprint density at radius 2 is 1.35 bits per heavy atom. The molecule has 1 rings (SSSR count). The van der Waals surface area contributed by atoms with E-state index in [1.165, 1.54) is 83.5 Å². The van der Waals surface area contributed by atoms with Crippen LogP contribution in [0, 0.1) is 5.41 Å². The van der Waals surface area contributed by atoms with E-state index in [0.717, 1.165) is 19.3 Å². The van der Waals surface area contributed by atoms with Crippen LogP contribution in [0.4, 0.5) is 0 Å². The van der Waals surface area contributed by atoms with Crippen molar-refractivity contribution in [2.75, 3.05) is 0 Å². The maximum absolute atomic E-state index is 11.7. The number of carbonyl (C=O) groups excluding carboxylic acids is 1. The van der Waals surface area contributed by atoms with Crippen LogP contribution in [0.2, 0.25) is 0 Å². The van der Waals surface area contributed by atoms with Gasteiger partial charge in [-0.05, 0) is 51.9 Å². The summed E-state index contributed by atoms with van der Waals surface area (Å²) in [7, 11) is 0. The van der Waals surface area contributed by atoms with E-state index in [-0.39, 0.29) is 5.41 Å². The van der Waals surface area contributed by atoms with Crippen LogP contribution < -0.4 is 0 Å². The van der Waals surface area contributed by atoms with Crippen LogP contribution in [-0.2, 0) is 4.79 Å². The zero-order chi connectivity index (χ0) is 16.8. The van der Waals surface area contributed by atoms with Crippen LogP contribution in [0.15, 0.2) is 12.2 Å². The molecule has 1 aliphatic rings. The van der Waals surface area contributed by atoms with Crippen LogP contribution in [0.25, 0.3) is 0 Å². The van der Waals surface area contributed by atoms with Gasteiger partial charge in [-0.1, -0.05) is 76.9 Å². The van der Waals surface area contributed by atoms with Crippen molar-refractivity contribution in [1.29, 1.82) is 0 Å². The molecule has 0 amide bonds. The fourth-order valence-corrected chi connectivity index (χ4v) is 3.74. The number of hydrogen-bond donors (Lipinski definition) is 0. The Labute approximate surface area is 145 Å². The molecule has 134 valence electrons. The van der Waals surface area contributed by atoms with Gasteiger partial charge in [0.15, 0.2) is 0 Å². The molecule has 0 aliphatic heterocycles. The van der Waals surface area contributed by atoms with Gasteiger partial charge in [-0.15, -0.1) is 0 Å². The molecule has 0 aromatic rings. The lowest BCUT2D eigenvalue weighted by Crippen LogP contribution is -2.36. The van der Waals surface area contributed by atoms with Gasteiger partial charge in [0.1, 0.15) is 5.78 Å². The van der Waals surface area contributed by atoms with Gasteiger partial charge in [-0.25, -0.2) is 0 Å². The second kappa shape index (κ2) is 12.8. The van der Waals surface area contributed by atoms with Crippen molar-refractivity contribution in [2.45, 2.75) is 117 Å². The lowest BCUT2D eigenvalue weighted by molar-refractivity contribution is -0.131. The normalized spacial score (nSPS) is 16.6. The summed E-state index contributed by atoms with van der Waals surface area (Å²) in [6.07, 6.45) is 25.6. The van der Waals surface area contributed by atoms with Gasteiger partial charge in [0.2, 0.25) is 0 Å². The zero-order valence-electron chi connectivity index (χ0n) is 15.9. The number of unbranched alkanes of at least 4 members (excludes halogenated alkanes) is 10. The minimum absolute atomic E-state index is 0.108. The molecule has 0 bridgehead atoms. The van der Waals surface area contributed by atoms with Crippen molar-refractivity contribution >= 4 is 5.78 Å². The fraction of sp³-hybridized carbons (Fsp3) is 0.864. The highest BCUT2D eigenvalue weighted by Crippen LogP contribution is 2.45. The number of ketones is 1. The highest BCUT2D eigenvalue weighted by Gasteiger charge is 2.40. The lowest BCUT2D eigenvalue weighted by Gasteiger charge is -2.39. The molecule has 0 aromatic heterocycles. The molecule has 0 atom stereocenters. The van der Waals surface area contributed by atoms with Crippen LogP contribution in [0.3, 0.4) is 0 Å². The van der Waals surface area contributed by atoms with E-state index in [2.05, 4.69) is 19.1 Å². The fourth-order valence-electron chi connectivity index (χ4n) is 3.74. The molecule has 0 saturated heterocycles. The largest absolute Gasteiger partial charge is 0.299 e. The quantitative estimate of drug-likeness (QED) is 0.227. The molecule has 1 heteroatoms. The molecule has 1 nitrogen and oxygen atoms in total. The van der Waals surface area contributed by atoms with Gasteiger partial charge in [-0.3, -0.25) is 4.79 Å². The Hall–Kier alpha value is -0.590. The molecule has 1 saturated carbocycles. The maximum Gasteiger partial charge on any atom is 0.135 e. The van der Waals surface area contributed by atoms with Gasteiger partial charge >= 0.3 is 0 Å². The highest BCUT2D eigenvalue weighted by molar-refractivity contribution is 5.83. The Morgan fingerprint density at radius 1 is 0.826 bits per heavy atom. The number of carbonyl (C=O) groups is 1. The third kappa shape index (κ3) is 8.72. The lowest BCUT2D eigenvalue weighted by atomic mass is 9.63. The molecular weight excluding hydrogens is 280 g/mol. The molecule has 23 heavy (non-hydrogen) atoms. The average Bonchev–Trinajstić information content (AvgIpc) is 2.49. The summed E-state index contributed by atoms with van der Waals surface area (Å²) in [6.45, 7) is 4.07. The van der Waals surface area contributed by atoms with Gasteiger partial charge in [0.05, 0.1) is 0 Å². The van der Waals surface area contributed by atoms with Gasteiger partial charge < -0.3 is 0 Å². The zero-order valence-corrected chi connectivity index (χ0v) is 15.9. The van der Waals surface area contributed by atoms with Crippen LogP contribution in [0.5, 0.6) is 0 Å². The first-order valence-corrected chi connectivity index (χ1v) is 10.4. The second-order valence-electron chi connectivity index (χ2n) is 7.67. The SMILES string of the molecule is CCCCCCCC/C=C\CCCCCCC1(C(C)=O)CCC1. The van der Waals surface area contributed by atoms with E-state index in [0.29, 0.717) is 5.78 Å². The van der Waals surface area contributed by atoms with Crippen molar-refractivity contribution in [2.24, 2.45) is 5.41 Å². The molecule has 0 radical (unpaired) electrons. The molecule has 0 N–H and O–H groups in total. The smallest absolute Gasteiger partial charge is 0.135 e. The summed E-state index contributed by atoms with van der Waals surface area (Å²) in [5.41, 5.74) is 0.108. The first-order chi connectivity index (χ1) is 11.2. The Balaban J connectivity index is 1.84. The van der Waals surface area contributed by atoms with Gasteiger partial charge in [0.25, 0.3) is 0 Å². The molecule has 0 heterocycles. The summed E-state index contributed by atoms with van der Waals surface area (Å²) < 4.78 is 0. The van der Waals surface area contributed by atoms with E-state index in [9.17, 15) is 4.79 Å². The van der Waals surface area contributed by atoms with Crippen molar-refractivity contribution in [3.8, 4) is 0 Å². The topological polar surface area (TPSA) is 17.1 Å². The first kappa shape index (κ1) is 20.5. The van der Waals surface area contributed by atoms with Crippen molar-refractivity contribution in [3.05, 3.63) is 12.2 Å². The summed E-state index contributed by atoms with van der Waals surface area (Å²) >= 11 is 0. The number of Topliss-reactive ketones (excluding diaryl/α,β-unsaturated/α-hetero) is 1. The third-order valence-corrected chi connectivity index (χ3v) is 5.72. The standard InChI is InChI=1S/C22H40O/c1-3-4-5-6-7-8-9-10-11-12-13-14-15-16-18-22(21(2)23)19-17-20-22/h10-11H,3-9,12-20H2,1-2H3/b11-10-. The minimum Gasteiger partial charge on any atom is -0.299 e. The molecule has 0 unspecified atom stereocenters. The predicted octanol–water partition coefficient (Wildman–Crippen LogP) is 7.39. The molecule has 0 aromatic carbocycles. The van der Waals surface area contributed by atoms with E-state index in [1.54, 1.807) is 6.92 Å². The number of hydrogen-bond acceptors (Lipinski definition) is 1. The van der Waals surface area contributed by atoms with Crippen LogP contribution in [0.1, 0.15) is 117 Å². The average molecular weight is 321 g/mol. The van der Waals surface area contributed by atoms with Gasteiger partial charge in [-0.2, -0.15) is 0 Å². The summed E-state index contributed by atoms with van der Waals surface area (Å²) in [4.78, 5) is 11.7. The summed E-state index contributed by atoms with van der Waals surface area (Å²) in [6, 6.07) is 0. The van der Waals surface area contributed by atoms with Crippen LogP contribution in [-0.4, -0.2) is 5.78 Å². The van der Waals surface area contributed by atoms with E-state index in [4.69, 9.17) is 0 Å². The van der Waals surface area contributed by atoms with Crippen molar-refractivity contribution < 1.29 is 4.79 Å². The summed E-state index contributed by atoms with van der Waals surface area (Å²) in [5, 5.41) is 0. The molecule has 0 spiro atoms. The van der Waals surface area contributed by atoms with Gasteiger partial charge in [0, 0.05) is 5.41 Å². The summed E-state index contributed by atoms with van der Waals surface area (Å²) in [5.74, 6) is 0.446. The Kier molecular flexibility index (Phi) is 11.4. The Bertz CT molecular complexity index is 325. The van der Waals surface area contributed by atoms with E-state index >= 15 is 0 Å². The van der Waals surface area contributed by atoms with Crippen molar-refractivity contribution in [1.82, 2.24) is 0 Å². The Morgan fingerprint density at radius 3 is 1.83 bits per heavy atom. The third-order valence-electron chi connectivity index (χ3n) is 5.72. The molecular formula is C22H40O. The minimum atomic E-state index is 0.108. The second-order valence-corrected chi connectivity index (χ2v) is 7.67.